The molecule has 0 aliphatic heterocycles. The molecule has 0 aliphatic rings. The second kappa shape index (κ2) is 4.62. The van der Waals surface area contributed by atoms with Gasteiger partial charge in [0.15, 0.2) is 0 Å². The lowest BCUT2D eigenvalue weighted by atomic mass is 10.3. The summed E-state index contributed by atoms with van der Waals surface area (Å²) < 4.78 is 10.3. The zero-order valence-corrected chi connectivity index (χ0v) is 10.1. The Kier molecular flexibility index (Phi) is 3.19. The van der Waals surface area contributed by atoms with E-state index in [1.165, 1.54) is 17.8 Å². The fourth-order valence-corrected chi connectivity index (χ4v) is 2.09. The van der Waals surface area contributed by atoms with E-state index in [-0.39, 0.29) is 5.76 Å². The molecule has 0 atom stereocenters. The summed E-state index contributed by atoms with van der Waals surface area (Å²) in [5.74, 6) is 0.496. The molecule has 2 rings (SSSR count). The molecule has 1 N–H and O–H groups in total. The molecule has 0 spiro atoms. The number of thioether (sulfide) groups is 1. The average molecular weight is 254 g/mol. The van der Waals surface area contributed by atoms with Gasteiger partial charge in [-0.1, -0.05) is 11.8 Å². The molecule has 0 aromatic carbocycles. The number of nitrogens with zero attached hydrogens (tertiary/aromatic N) is 2. The summed E-state index contributed by atoms with van der Waals surface area (Å²) in [5.41, 5.74) is 0.809. The van der Waals surface area contributed by atoms with Crippen molar-refractivity contribution >= 4 is 17.7 Å². The molecule has 0 saturated heterocycles. The van der Waals surface area contributed by atoms with Crippen molar-refractivity contribution < 1.29 is 18.7 Å². The van der Waals surface area contributed by atoms with Gasteiger partial charge in [0.25, 0.3) is 5.22 Å². The van der Waals surface area contributed by atoms with E-state index in [9.17, 15) is 4.79 Å². The van der Waals surface area contributed by atoms with Crippen molar-refractivity contribution in [3.63, 3.8) is 0 Å². The number of rotatable bonds is 4. The maximum absolute atomic E-state index is 10.7. The van der Waals surface area contributed by atoms with E-state index in [1.807, 2.05) is 0 Å². The van der Waals surface area contributed by atoms with Crippen molar-refractivity contribution in [3.05, 3.63) is 29.0 Å². The Morgan fingerprint density at radius 1 is 1.41 bits per heavy atom. The number of hydrogen-bond acceptors (Lipinski definition) is 6. The van der Waals surface area contributed by atoms with Gasteiger partial charge in [-0.3, -0.25) is 0 Å². The number of carbonyl (C=O) groups is 1. The van der Waals surface area contributed by atoms with Gasteiger partial charge in [-0.15, -0.1) is 10.2 Å². The zero-order valence-electron chi connectivity index (χ0n) is 9.26. The molecule has 17 heavy (non-hydrogen) atoms. The fraction of sp³-hybridized carbons (Fsp3) is 0.300. The Bertz CT molecular complexity index is 546. The van der Waals surface area contributed by atoms with Crippen LogP contribution in [0.25, 0.3) is 0 Å². The highest BCUT2D eigenvalue weighted by atomic mass is 32.2. The number of aromatic carboxylic acids is 1. The van der Waals surface area contributed by atoms with Gasteiger partial charge in [-0.2, -0.15) is 0 Å². The first-order chi connectivity index (χ1) is 8.06. The number of hydrogen-bond donors (Lipinski definition) is 1. The van der Waals surface area contributed by atoms with Crippen LogP contribution in [0.3, 0.4) is 0 Å². The van der Waals surface area contributed by atoms with E-state index in [0.717, 1.165) is 5.56 Å². The Balaban J connectivity index is 2.06. The van der Waals surface area contributed by atoms with Gasteiger partial charge in [-0.05, 0) is 13.0 Å². The lowest BCUT2D eigenvalue weighted by Crippen LogP contribution is -1.91. The van der Waals surface area contributed by atoms with Crippen LogP contribution in [0.2, 0.25) is 0 Å². The maximum Gasteiger partial charge on any atom is 0.371 e. The minimum absolute atomic E-state index is 0.0557. The van der Waals surface area contributed by atoms with Gasteiger partial charge in [0.2, 0.25) is 11.7 Å². The molecule has 6 nitrogen and oxygen atoms in total. The molecule has 90 valence electrons. The number of furan rings is 1. The minimum atomic E-state index is -1.07. The van der Waals surface area contributed by atoms with Crippen LogP contribution < -0.4 is 0 Å². The summed E-state index contributed by atoms with van der Waals surface area (Å²) in [4.78, 5) is 10.7. The van der Waals surface area contributed by atoms with Crippen molar-refractivity contribution in [3.8, 4) is 0 Å². The van der Waals surface area contributed by atoms with Gasteiger partial charge >= 0.3 is 5.97 Å². The van der Waals surface area contributed by atoms with Crippen LogP contribution in [0, 0.1) is 13.8 Å². The molecule has 0 saturated carbocycles. The van der Waals surface area contributed by atoms with E-state index in [4.69, 9.17) is 13.9 Å². The summed E-state index contributed by atoms with van der Waals surface area (Å²) in [6.45, 7) is 3.43. The molecule has 0 fully saturated rings. The quantitative estimate of drug-likeness (QED) is 0.837. The third-order valence-electron chi connectivity index (χ3n) is 2.09. The zero-order chi connectivity index (χ0) is 12.4. The maximum atomic E-state index is 10.7. The normalized spacial score (nSPS) is 10.7. The van der Waals surface area contributed by atoms with Crippen molar-refractivity contribution in [1.82, 2.24) is 10.2 Å². The standard InChI is InChI=1S/C10H10N2O4S/c1-5-7(3-8(15-5)9(13)14)4-17-10-12-11-6(2)16-10/h3H,4H2,1-2H3,(H,13,14). The second-order valence-electron chi connectivity index (χ2n) is 3.37. The van der Waals surface area contributed by atoms with Crippen molar-refractivity contribution in [2.24, 2.45) is 0 Å². The van der Waals surface area contributed by atoms with Crippen molar-refractivity contribution in [2.75, 3.05) is 0 Å². The molecule has 2 aromatic rings. The first kappa shape index (κ1) is 11.7. The van der Waals surface area contributed by atoms with Crippen LogP contribution in [0.5, 0.6) is 0 Å². The van der Waals surface area contributed by atoms with E-state index in [1.54, 1.807) is 13.8 Å². The molecule has 0 unspecified atom stereocenters. The van der Waals surface area contributed by atoms with Crippen LogP contribution in [0.15, 0.2) is 20.1 Å². The van der Waals surface area contributed by atoms with Crippen LogP contribution in [0.4, 0.5) is 0 Å². The van der Waals surface area contributed by atoms with Gasteiger partial charge < -0.3 is 13.9 Å². The predicted molar refractivity (Wildman–Crippen MR) is 59.0 cm³/mol. The largest absolute Gasteiger partial charge is 0.475 e. The highest BCUT2D eigenvalue weighted by molar-refractivity contribution is 7.98. The molecular weight excluding hydrogens is 244 g/mol. The Labute approximate surface area is 101 Å². The molecule has 0 aliphatic carbocycles. The molecule has 0 amide bonds. The highest BCUT2D eigenvalue weighted by Gasteiger charge is 2.14. The summed E-state index contributed by atoms with van der Waals surface area (Å²) in [5, 5.41) is 16.8. The lowest BCUT2D eigenvalue weighted by molar-refractivity contribution is 0.0661. The topological polar surface area (TPSA) is 89.4 Å². The minimum Gasteiger partial charge on any atom is -0.475 e. The van der Waals surface area contributed by atoms with Crippen LogP contribution in [-0.4, -0.2) is 21.3 Å². The molecule has 2 aromatic heterocycles. The van der Waals surface area contributed by atoms with Crippen LogP contribution in [-0.2, 0) is 5.75 Å². The summed E-state index contributed by atoms with van der Waals surface area (Å²) >= 11 is 1.34. The first-order valence-electron chi connectivity index (χ1n) is 4.82. The number of carboxylic acids is 1. The van der Waals surface area contributed by atoms with Gasteiger partial charge in [0.1, 0.15) is 5.76 Å². The van der Waals surface area contributed by atoms with Gasteiger partial charge in [-0.25, -0.2) is 4.79 Å². The highest BCUT2D eigenvalue weighted by Crippen LogP contribution is 2.25. The monoisotopic (exact) mass is 254 g/mol. The Hall–Kier alpha value is -1.76. The van der Waals surface area contributed by atoms with Crippen LogP contribution >= 0.6 is 11.8 Å². The Morgan fingerprint density at radius 2 is 2.18 bits per heavy atom. The van der Waals surface area contributed by atoms with Crippen molar-refractivity contribution in [1.29, 1.82) is 0 Å². The van der Waals surface area contributed by atoms with Gasteiger partial charge in [0, 0.05) is 18.2 Å². The first-order valence-corrected chi connectivity index (χ1v) is 5.80. The fourth-order valence-electron chi connectivity index (χ4n) is 1.24. The van der Waals surface area contributed by atoms with Crippen molar-refractivity contribution in [2.45, 2.75) is 24.8 Å². The summed E-state index contributed by atoms with van der Waals surface area (Å²) in [7, 11) is 0. The molecule has 0 bridgehead atoms. The van der Waals surface area contributed by atoms with E-state index in [2.05, 4.69) is 10.2 Å². The van der Waals surface area contributed by atoms with E-state index < -0.39 is 5.97 Å². The van der Waals surface area contributed by atoms with E-state index >= 15 is 0 Å². The number of aromatic nitrogens is 2. The second-order valence-corrected chi connectivity index (χ2v) is 4.30. The third kappa shape index (κ3) is 2.68. The molecule has 7 heteroatoms. The lowest BCUT2D eigenvalue weighted by Gasteiger charge is -1.93. The Morgan fingerprint density at radius 3 is 2.71 bits per heavy atom. The SMILES string of the molecule is Cc1nnc(SCc2cc(C(=O)O)oc2C)o1. The molecule has 0 radical (unpaired) electrons. The van der Waals surface area contributed by atoms with Gasteiger partial charge in [0.05, 0.1) is 0 Å². The number of aryl methyl sites for hydroxylation is 2. The summed E-state index contributed by atoms with van der Waals surface area (Å²) in [6.07, 6.45) is 0. The summed E-state index contributed by atoms with van der Waals surface area (Å²) in [6, 6.07) is 1.51. The number of carboxylic acid groups (broad SMARTS) is 1. The van der Waals surface area contributed by atoms with E-state index in [0.29, 0.717) is 22.6 Å². The third-order valence-corrected chi connectivity index (χ3v) is 2.96. The molecule has 2 heterocycles. The predicted octanol–water partition coefficient (Wildman–Crippen LogP) is 2.27. The smallest absolute Gasteiger partial charge is 0.371 e. The molecular formula is C10H10N2O4S. The van der Waals surface area contributed by atoms with Crippen LogP contribution in [0.1, 0.15) is 27.8 Å². The average Bonchev–Trinajstić information content (AvgIpc) is 2.82.